The van der Waals surface area contributed by atoms with E-state index in [0.717, 1.165) is 6.54 Å². The summed E-state index contributed by atoms with van der Waals surface area (Å²) in [4.78, 5) is 13.3. The topological polar surface area (TPSA) is 40.5 Å². The van der Waals surface area contributed by atoms with Gasteiger partial charge in [0, 0.05) is 19.3 Å². The number of carboxylic acids is 1. The predicted molar refractivity (Wildman–Crippen MR) is 77.8 cm³/mol. The summed E-state index contributed by atoms with van der Waals surface area (Å²) in [7, 11) is 2.04. The van der Waals surface area contributed by atoms with Crippen LogP contribution >= 0.6 is 0 Å². The van der Waals surface area contributed by atoms with Gasteiger partial charge in [-0.25, -0.2) is 0 Å². The van der Waals surface area contributed by atoms with Gasteiger partial charge in [-0.2, -0.15) is 0 Å². The Morgan fingerprint density at radius 2 is 2.00 bits per heavy atom. The lowest BCUT2D eigenvalue weighted by atomic mass is 9.89. The molecule has 0 radical (unpaired) electrons. The molecule has 2 rings (SSSR count). The molecule has 0 fully saturated rings. The Hall–Kier alpha value is -1.51. The second kappa shape index (κ2) is 5.24. The number of aryl methyl sites for hydroxylation is 2. The Labute approximate surface area is 115 Å². The number of anilines is 1. The molecule has 0 amide bonds. The third-order valence-corrected chi connectivity index (χ3v) is 4.17. The maximum Gasteiger partial charge on any atom is 0.309 e. The molecular formula is C16H23NO2. The fraction of sp³-hybridized carbons (Fsp3) is 0.562. The lowest BCUT2D eigenvalue weighted by molar-refractivity contribution is -0.147. The van der Waals surface area contributed by atoms with Gasteiger partial charge in [0.25, 0.3) is 0 Å². The van der Waals surface area contributed by atoms with Gasteiger partial charge in [-0.3, -0.25) is 4.79 Å². The second-order valence-electron chi connectivity index (χ2n) is 6.17. The number of benzene rings is 1. The number of hydrogen-bond donors (Lipinski definition) is 1. The number of rotatable bonds is 5. The van der Waals surface area contributed by atoms with Crippen molar-refractivity contribution in [2.75, 3.05) is 18.5 Å². The van der Waals surface area contributed by atoms with Crippen molar-refractivity contribution >= 4 is 11.7 Å². The van der Waals surface area contributed by atoms with Gasteiger partial charge in [0.2, 0.25) is 0 Å². The van der Waals surface area contributed by atoms with E-state index in [9.17, 15) is 4.79 Å². The van der Waals surface area contributed by atoms with E-state index >= 15 is 0 Å². The smallest absolute Gasteiger partial charge is 0.309 e. The van der Waals surface area contributed by atoms with Crippen molar-refractivity contribution in [1.29, 1.82) is 0 Å². The molecular weight excluding hydrogens is 238 g/mol. The number of hydrogen-bond acceptors (Lipinski definition) is 2. The van der Waals surface area contributed by atoms with Crippen molar-refractivity contribution < 1.29 is 9.90 Å². The molecule has 3 heteroatoms. The van der Waals surface area contributed by atoms with Crippen LogP contribution in [0.5, 0.6) is 0 Å². The number of aliphatic carboxylic acids is 1. The first kappa shape index (κ1) is 13.9. The summed E-state index contributed by atoms with van der Waals surface area (Å²) in [5.74, 6) is -0.727. The first-order valence-electron chi connectivity index (χ1n) is 6.96. The molecule has 104 valence electrons. The molecule has 3 nitrogen and oxygen atoms in total. The molecule has 1 aromatic rings. The van der Waals surface area contributed by atoms with Gasteiger partial charge in [0.1, 0.15) is 0 Å². The van der Waals surface area contributed by atoms with Crippen LogP contribution in [0.1, 0.15) is 37.8 Å². The maximum atomic E-state index is 11.1. The van der Waals surface area contributed by atoms with E-state index in [0.29, 0.717) is 6.42 Å². The van der Waals surface area contributed by atoms with Gasteiger partial charge < -0.3 is 10.0 Å². The third-order valence-electron chi connectivity index (χ3n) is 4.17. The normalized spacial score (nSPS) is 14.3. The van der Waals surface area contributed by atoms with Crippen LogP contribution in [0.25, 0.3) is 0 Å². The van der Waals surface area contributed by atoms with Crippen LogP contribution in [-0.2, 0) is 17.6 Å². The lowest BCUT2D eigenvalue weighted by Crippen LogP contribution is -2.30. The summed E-state index contributed by atoms with van der Waals surface area (Å²) in [6, 6.07) is 6.63. The minimum absolute atomic E-state index is 0.649. The lowest BCUT2D eigenvalue weighted by Gasteiger charge is -2.25. The highest BCUT2D eigenvalue weighted by molar-refractivity contribution is 5.73. The number of fused-ring (bicyclic) bond motifs is 1. The molecule has 0 heterocycles. The molecule has 1 N–H and O–H groups in total. The van der Waals surface area contributed by atoms with E-state index in [1.165, 1.54) is 36.1 Å². The van der Waals surface area contributed by atoms with Crippen LogP contribution < -0.4 is 4.90 Å². The van der Waals surface area contributed by atoms with Crippen molar-refractivity contribution in [1.82, 2.24) is 0 Å². The first-order chi connectivity index (χ1) is 8.90. The molecule has 19 heavy (non-hydrogen) atoms. The molecule has 0 aliphatic heterocycles. The largest absolute Gasteiger partial charge is 0.481 e. The third kappa shape index (κ3) is 3.09. The summed E-state index contributed by atoms with van der Waals surface area (Å²) in [6.07, 6.45) is 4.29. The molecule has 0 unspecified atom stereocenters. The quantitative estimate of drug-likeness (QED) is 0.885. The van der Waals surface area contributed by atoms with Crippen molar-refractivity contribution in [2.45, 2.75) is 39.5 Å². The van der Waals surface area contributed by atoms with E-state index in [1.54, 1.807) is 13.8 Å². The monoisotopic (exact) mass is 261 g/mol. The Morgan fingerprint density at radius 3 is 2.68 bits per heavy atom. The fourth-order valence-electron chi connectivity index (χ4n) is 2.48. The van der Waals surface area contributed by atoms with E-state index < -0.39 is 11.4 Å². The Morgan fingerprint density at radius 1 is 1.32 bits per heavy atom. The summed E-state index contributed by atoms with van der Waals surface area (Å²) in [6.45, 7) is 4.33. The highest BCUT2D eigenvalue weighted by Gasteiger charge is 2.27. The Balaban J connectivity index is 2.00. The fourth-order valence-corrected chi connectivity index (χ4v) is 2.48. The van der Waals surface area contributed by atoms with Gasteiger partial charge in [0.05, 0.1) is 5.41 Å². The standard InChI is InChI=1S/C16H23NO2/c1-16(2,15(18)19)9-10-17(3)14-8-7-12-5-4-6-13(12)11-14/h7-8,11H,4-6,9-10H2,1-3H3,(H,18,19). The SMILES string of the molecule is CN(CCC(C)(C)C(=O)O)c1ccc2c(c1)CCC2. The summed E-state index contributed by atoms with van der Waals surface area (Å²) in [5, 5.41) is 9.13. The minimum atomic E-state index is -0.727. The van der Waals surface area contributed by atoms with E-state index in [-0.39, 0.29) is 0 Å². The molecule has 1 aliphatic rings. The molecule has 0 bridgehead atoms. The zero-order valence-electron chi connectivity index (χ0n) is 12.1. The van der Waals surface area contributed by atoms with E-state index in [4.69, 9.17) is 5.11 Å². The predicted octanol–water partition coefficient (Wildman–Crippen LogP) is 3.11. The minimum Gasteiger partial charge on any atom is -0.481 e. The average molecular weight is 261 g/mol. The maximum absolute atomic E-state index is 11.1. The van der Waals surface area contributed by atoms with Crippen LogP contribution in [0.2, 0.25) is 0 Å². The summed E-state index contributed by atoms with van der Waals surface area (Å²) < 4.78 is 0. The van der Waals surface area contributed by atoms with Gasteiger partial charge >= 0.3 is 5.97 Å². The average Bonchev–Trinajstić information content (AvgIpc) is 2.82. The van der Waals surface area contributed by atoms with Crippen LogP contribution in [0.15, 0.2) is 18.2 Å². The highest BCUT2D eigenvalue weighted by atomic mass is 16.4. The van der Waals surface area contributed by atoms with Crippen LogP contribution in [0.4, 0.5) is 5.69 Å². The molecule has 0 saturated carbocycles. The Kier molecular flexibility index (Phi) is 3.83. The van der Waals surface area contributed by atoms with Crippen LogP contribution in [-0.4, -0.2) is 24.7 Å². The van der Waals surface area contributed by atoms with Gasteiger partial charge in [-0.1, -0.05) is 6.07 Å². The number of carbonyl (C=O) groups is 1. The second-order valence-corrected chi connectivity index (χ2v) is 6.17. The zero-order valence-corrected chi connectivity index (χ0v) is 12.1. The Bertz CT molecular complexity index is 480. The van der Waals surface area contributed by atoms with Gasteiger partial charge in [-0.05, 0) is 62.8 Å². The molecule has 0 atom stereocenters. The number of carboxylic acid groups (broad SMARTS) is 1. The zero-order chi connectivity index (χ0) is 14.0. The van der Waals surface area contributed by atoms with Crippen molar-refractivity contribution in [3.8, 4) is 0 Å². The summed E-state index contributed by atoms with van der Waals surface area (Å²) in [5.41, 5.74) is 3.47. The van der Waals surface area contributed by atoms with E-state index in [2.05, 4.69) is 23.1 Å². The van der Waals surface area contributed by atoms with Crippen molar-refractivity contribution in [3.05, 3.63) is 29.3 Å². The van der Waals surface area contributed by atoms with Gasteiger partial charge in [-0.15, -0.1) is 0 Å². The van der Waals surface area contributed by atoms with Crippen LogP contribution in [0.3, 0.4) is 0 Å². The first-order valence-corrected chi connectivity index (χ1v) is 6.96. The van der Waals surface area contributed by atoms with Gasteiger partial charge in [0.15, 0.2) is 0 Å². The molecule has 1 aliphatic carbocycles. The summed E-state index contributed by atoms with van der Waals surface area (Å²) >= 11 is 0. The van der Waals surface area contributed by atoms with Crippen molar-refractivity contribution in [3.63, 3.8) is 0 Å². The van der Waals surface area contributed by atoms with Crippen molar-refractivity contribution in [2.24, 2.45) is 5.41 Å². The molecule has 0 saturated heterocycles. The van der Waals surface area contributed by atoms with E-state index in [1.807, 2.05) is 7.05 Å². The molecule has 0 spiro atoms. The number of nitrogens with zero attached hydrogens (tertiary/aromatic N) is 1. The van der Waals surface area contributed by atoms with Crippen LogP contribution in [0, 0.1) is 5.41 Å². The molecule has 0 aromatic heterocycles. The molecule has 1 aromatic carbocycles. The highest BCUT2D eigenvalue weighted by Crippen LogP contribution is 2.27.